The number of benzene rings is 2. The number of carbonyl (C=O) groups is 2. The van der Waals surface area contributed by atoms with Crippen molar-refractivity contribution in [1.82, 2.24) is 5.32 Å². The third-order valence-corrected chi connectivity index (χ3v) is 3.80. The summed E-state index contributed by atoms with van der Waals surface area (Å²) < 4.78 is 4.87. The second kappa shape index (κ2) is 9.49. The standard InChI is InChI=1S/C19H17ClN2O5/c1-13(15-5-3-6-16(20)11-15)21-18(23)12-27-19(24)9-8-14-4-2-7-17(10-14)22(25)26/h2-11,13H,12H2,1H3,(H,21,23)/b9-8+/t13-/m0/s1. The Hall–Kier alpha value is -3.19. The second-order valence-corrected chi connectivity index (χ2v) is 6.07. The molecule has 1 N–H and O–H groups in total. The van der Waals surface area contributed by atoms with Crippen molar-refractivity contribution < 1.29 is 19.2 Å². The minimum Gasteiger partial charge on any atom is -0.452 e. The van der Waals surface area contributed by atoms with Gasteiger partial charge in [0.15, 0.2) is 6.61 Å². The zero-order valence-electron chi connectivity index (χ0n) is 14.4. The number of rotatable bonds is 7. The SMILES string of the molecule is C[C@H](NC(=O)COC(=O)/C=C/c1cccc([N+](=O)[O-])c1)c1cccc(Cl)c1. The molecule has 2 rings (SSSR count). The van der Waals surface area contributed by atoms with Gasteiger partial charge in [0.05, 0.1) is 11.0 Å². The van der Waals surface area contributed by atoms with Gasteiger partial charge in [-0.25, -0.2) is 4.79 Å². The normalized spacial score (nSPS) is 11.8. The number of nitro groups is 1. The summed E-state index contributed by atoms with van der Waals surface area (Å²) in [7, 11) is 0. The highest BCUT2D eigenvalue weighted by Crippen LogP contribution is 2.17. The minimum absolute atomic E-state index is 0.0834. The van der Waals surface area contributed by atoms with Gasteiger partial charge in [-0.1, -0.05) is 35.9 Å². The molecule has 140 valence electrons. The molecule has 0 aliphatic carbocycles. The smallest absolute Gasteiger partial charge is 0.331 e. The Kier molecular flexibility index (Phi) is 7.08. The Morgan fingerprint density at radius 3 is 2.70 bits per heavy atom. The first kappa shape index (κ1) is 20.1. The van der Waals surface area contributed by atoms with Crippen LogP contribution in [0.4, 0.5) is 5.69 Å². The maximum absolute atomic E-state index is 11.9. The summed E-state index contributed by atoms with van der Waals surface area (Å²) in [5.74, 6) is -1.19. The van der Waals surface area contributed by atoms with Crippen LogP contribution in [0.3, 0.4) is 0 Å². The van der Waals surface area contributed by atoms with Crippen molar-refractivity contribution in [3.63, 3.8) is 0 Å². The van der Waals surface area contributed by atoms with Gasteiger partial charge >= 0.3 is 5.97 Å². The minimum atomic E-state index is -0.730. The average Bonchev–Trinajstić information content (AvgIpc) is 2.65. The molecule has 0 aliphatic heterocycles. The number of halogens is 1. The predicted molar refractivity (Wildman–Crippen MR) is 101 cm³/mol. The summed E-state index contributed by atoms with van der Waals surface area (Å²) in [5.41, 5.74) is 1.22. The number of nitrogens with one attached hydrogen (secondary N) is 1. The molecule has 2 aromatic carbocycles. The fourth-order valence-corrected chi connectivity index (χ4v) is 2.43. The first-order chi connectivity index (χ1) is 12.8. The Morgan fingerprint density at radius 1 is 1.26 bits per heavy atom. The van der Waals surface area contributed by atoms with Crippen LogP contribution in [0, 0.1) is 10.1 Å². The fourth-order valence-electron chi connectivity index (χ4n) is 2.23. The third kappa shape index (κ3) is 6.56. The number of nitro benzene ring substituents is 1. The molecule has 0 spiro atoms. The van der Waals surface area contributed by atoms with Crippen LogP contribution in [-0.2, 0) is 14.3 Å². The highest BCUT2D eigenvalue weighted by molar-refractivity contribution is 6.30. The zero-order chi connectivity index (χ0) is 19.8. The van der Waals surface area contributed by atoms with E-state index in [0.717, 1.165) is 11.6 Å². The lowest BCUT2D eigenvalue weighted by atomic mass is 10.1. The van der Waals surface area contributed by atoms with E-state index < -0.39 is 23.4 Å². The molecule has 7 nitrogen and oxygen atoms in total. The van der Waals surface area contributed by atoms with E-state index in [-0.39, 0.29) is 11.7 Å². The molecule has 0 aliphatic rings. The molecule has 0 saturated carbocycles. The molecule has 1 amide bonds. The van der Waals surface area contributed by atoms with Crippen LogP contribution >= 0.6 is 11.6 Å². The largest absolute Gasteiger partial charge is 0.452 e. The topological polar surface area (TPSA) is 98.5 Å². The first-order valence-corrected chi connectivity index (χ1v) is 8.37. The van der Waals surface area contributed by atoms with E-state index >= 15 is 0 Å². The Labute approximate surface area is 160 Å². The van der Waals surface area contributed by atoms with Crippen molar-refractivity contribution >= 4 is 35.2 Å². The number of carbonyl (C=O) groups excluding carboxylic acids is 2. The number of amides is 1. The van der Waals surface area contributed by atoms with Crippen LogP contribution in [0.1, 0.15) is 24.1 Å². The maximum atomic E-state index is 11.9. The molecular formula is C19H17ClN2O5. The molecule has 1 atom stereocenters. The number of esters is 1. The van der Waals surface area contributed by atoms with Crippen molar-refractivity contribution in [1.29, 1.82) is 0 Å². The number of ether oxygens (including phenoxy) is 1. The molecule has 8 heteroatoms. The van der Waals surface area contributed by atoms with Gasteiger partial charge in [0, 0.05) is 23.2 Å². The molecule has 0 fully saturated rings. The molecule has 0 heterocycles. The van der Waals surface area contributed by atoms with Crippen molar-refractivity contribution in [3.05, 3.63) is 80.9 Å². The van der Waals surface area contributed by atoms with Gasteiger partial charge in [0.2, 0.25) is 0 Å². The van der Waals surface area contributed by atoms with Crippen molar-refractivity contribution in [2.24, 2.45) is 0 Å². The van der Waals surface area contributed by atoms with Gasteiger partial charge in [-0.2, -0.15) is 0 Å². The van der Waals surface area contributed by atoms with E-state index in [1.165, 1.54) is 24.3 Å². The molecule has 0 aromatic heterocycles. The quantitative estimate of drug-likeness (QED) is 0.337. The number of hydrogen-bond donors (Lipinski definition) is 1. The summed E-state index contributed by atoms with van der Waals surface area (Å²) in [5, 5.41) is 14.0. The Morgan fingerprint density at radius 2 is 2.00 bits per heavy atom. The Balaban J connectivity index is 1.83. The van der Waals surface area contributed by atoms with Crippen LogP contribution in [0.15, 0.2) is 54.6 Å². The number of nitrogens with zero attached hydrogens (tertiary/aromatic N) is 1. The molecular weight excluding hydrogens is 372 g/mol. The van der Waals surface area contributed by atoms with Crippen molar-refractivity contribution in [2.75, 3.05) is 6.61 Å². The predicted octanol–water partition coefficient (Wildman–Crippen LogP) is 3.68. The van der Waals surface area contributed by atoms with Crippen molar-refractivity contribution in [2.45, 2.75) is 13.0 Å². The van der Waals surface area contributed by atoms with Gasteiger partial charge < -0.3 is 10.1 Å². The van der Waals surface area contributed by atoms with Crippen LogP contribution in [0.2, 0.25) is 5.02 Å². The monoisotopic (exact) mass is 388 g/mol. The van der Waals surface area contributed by atoms with E-state index in [1.54, 1.807) is 31.2 Å². The van der Waals surface area contributed by atoms with E-state index in [9.17, 15) is 19.7 Å². The van der Waals surface area contributed by atoms with Gasteiger partial charge in [0.1, 0.15) is 0 Å². The van der Waals surface area contributed by atoms with Crippen LogP contribution in [0.5, 0.6) is 0 Å². The third-order valence-electron chi connectivity index (χ3n) is 3.56. The number of non-ortho nitro benzene ring substituents is 1. The van der Waals surface area contributed by atoms with E-state index in [0.29, 0.717) is 10.6 Å². The number of hydrogen-bond acceptors (Lipinski definition) is 5. The van der Waals surface area contributed by atoms with Gasteiger partial charge in [-0.15, -0.1) is 0 Å². The van der Waals surface area contributed by atoms with E-state index in [1.807, 2.05) is 6.07 Å². The highest BCUT2D eigenvalue weighted by Gasteiger charge is 2.11. The Bertz CT molecular complexity index is 882. The summed E-state index contributed by atoms with van der Waals surface area (Å²) in [6, 6.07) is 12.6. The van der Waals surface area contributed by atoms with Crippen LogP contribution in [0.25, 0.3) is 6.08 Å². The van der Waals surface area contributed by atoms with Crippen LogP contribution in [-0.4, -0.2) is 23.4 Å². The fraction of sp³-hybridized carbons (Fsp3) is 0.158. The summed E-state index contributed by atoms with van der Waals surface area (Å²) in [6.45, 7) is 1.34. The molecule has 0 saturated heterocycles. The zero-order valence-corrected chi connectivity index (χ0v) is 15.2. The molecule has 0 radical (unpaired) electrons. The average molecular weight is 389 g/mol. The van der Waals surface area contributed by atoms with Crippen LogP contribution < -0.4 is 5.32 Å². The highest BCUT2D eigenvalue weighted by atomic mass is 35.5. The molecule has 27 heavy (non-hydrogen) atoms. The molecule has 0 bridgehead atoms. The summed E-state index contributed by atoms with van der Waals surface area (Å²) in [6.07, 6.45) is 2.48. The van der Waals surface area contributed by atoms with E-state index in [2.05, 4.69) is 5.32 Å². The second-order valence-electron chi connectivity index (χ2n) is 5.64. The lowest BCUT2D eigenvalue weighted by Gasteiger charge is -2.14. The van der Waals surface area contributed by atoms with E-state index in [4.69, 9.17) is 16.3 Å². The lowest BCUT2D eigenvalue weighted by molar-refractivity contribution is -0.384. The van der Waals surface area contributed by atoms with Gasteiger partial charge in [-0.05, 0) is 36.3 Å². The summed E-state index contributed by atoms with van der Waals surface area (Å²) in [4.78, 5) is 33.8. The van der Waals surface area contributed by atoms with Gasteiger partial charge in [-0.3, -0.25) is 14.9 Å². The molecule has 0 unspecified atom stereocenters. The maximum Gasteiger partial charge on any atom is 0.331 e. The van der Waals surface area contributed by atoms with Crippen molar-refractivity contribution in [3.8, 4) is 0 Å². The summed E-state index contributed by atoms with van der Waals surface area (Å²) >= 11 is 5.91. The first-order valence-electron chi connectivity index (χ1n) is 7.99. The van der Waals surface area contributed by atoms with Gasteiger partial charge in [0.25, 0.3) is 11.6 Å². The molecule has 2 aromatic rings. The lowest BCUT2D eigenvalue weighted by Crippen LogP contribution is -2.30.